The van der Waals surface area contributed by atoms with Crippen LogP contribution < -0.4 is 4.74 Å². The van der Waals surface area contributed by atoms with Gasteiger partial charge in [-0.2, -0.15) is 0 Å². The number of benzene rings is 2. The molecule has 0 spiro atoms. The molecule has 1 N–H and O–H groups in total. The zero-order valence-corrected chi connectivity index (χ0v) is 17.6. The molecule has 1 unspecified atom stereocenters. The van der Waals surface area contributed by atoms with Crippen molar-refractivity contribution in [1.82, 2.24) is 4.90 Å². The van der Waals surface area contributed by atoms with Crippen LogP contribution in [0.5, 0.6) is 5.75 Å². The molecule has 2 aromatic carbocycles. The lowest BCUT2D eigenvalue weighted by molar-refractivity contribution is 0.108. The fraction of sp³-hybridized carbons (Fsp3) is 0.458. The van der Waals surface area contributed by atoms with Crippen molar-refractivity contribution in [3.8, 4) is 5.75 Å². The molecule has 1 aliphatic rings. The molecule has 0 saturated carbocycles. The molecule has 28 heavy (non-hydrogen) atoms. The SMILES string of the molecule is COc1ccc(CC(C2=NC(C)(C)CN2C(C)(C)CO)c2ccccc2)cc1. The second-order valence-corrected chi connectivity index (χ2v) is 8.85. The molecule has 2 aromatic rings. The summed E-state index contributed by atoms with van der Waals surface area (Å²) in [6, 6.07) is 18.8. The Balaban J connectivity index is 2.02. The van der Waals surface area contributed by atoms with Crippen molar-refractivity contribution >= 4 is 5.84 Å². The maximum absolute atomic E-state index is 10.0. The maximum Gasteiger partial charge on any atom is 0.118 e. The Kier molecular flexibility index (Phi) is 5.80. The van der Waals surface area contributed by atoms with E-state index in [2.05, 4.69) is 69.0 Å². The minimum Gasteiger partial charge on any atom is -0.497 e. The van der Waals surface area contributed by atoms with Gasteiger partial charge in [-0.15, -0.1) is 0 Å². The number of aliphatic hydroxyl groups is 1. The van der Waals surface area contributed by atoms with Gasteiger partial charge >= 0.3 is 0 Å². The number of ether oxygens (including phenoxy) is 1. The van der Waals surface area contributed by atoms with E-state index in [1.807, 2.05) is 18.2 Å². The van der Waals surface area contributed by atoms with Crippen LogP contribution in [0.3, 0.4) is 0 Å². The number of amidine groups is 1. The van der Waals surface area contributed by atoms with Crippen molar-refractivity contribution in [1.29, 1.82) is 0 Å². The lowest BCUT2D eigenvalue weighted by atomic mass is 9.89. The van der Waals surface area contributed by atoms with E-state index in [4.69, 9.17) is 9.73 Å². The second-order valence-electron chi connectivity index (χ2n) is 8.85. The van der Waals surface area contributed by atoms with Crippen LogP contribution in [0.4, 0.5) is 0 Å². The Labute approximate surface area is 168 Å². The smallest absolute Gasteiger partial charge is 0.118 e. The van der Waals surface area contributed by atoms with Crippen molar-refractivity contribution in [2.45, 2.75) is 51.1 Å². The van der Waals surface area contributed by atoms with Gasteiger partial charge in [0, 0.05) is 12.5 Å². The molecule has 0 bridgehead atoms. The molecule has 0 aromatic heterocycles. The van der Waals surface area contributed by atoms with Gasteiger partial charge in [-0.25, -0.2) is 0 Å². The Morgan fingerprint density at radius 3 is 2.32 bits per heavy atom. The summed E-state index contributed by atoms with van der Waals surface area (Å²) in [5.74, 6) is 2.05. The average Bonchev–Trinajstić information content (AvgIpc) is 3.03. The molecular weight excluding hydrogens is 348 g/mol. The van der Waals surface area contributed by atoms with Crippen LogP contribution >= 0.6 is 0 Å². The summed E-state index contributed by atoms with van der Waals surface area (Å²) in [7, 11) is 1.69. The number of aliphatic imine (C=N–C) groups is 1. The minimum absolute atomic E-state index is 0.0894. The van der Waals surface area contributed by atoms with Crippen LogP contribution in [0.25, 0.3) is 0 Å². The van der Waals surface area contributed by atoms with Gasteiger partial charge in [-0.3, -0.25) is 4.99 Å². The quantitative estimate of drug-likeness (QED) is 0.780. The van der Waals surface area contributed by atoms with Gasteiger partial charge in [0.2, 0.25) is 0 Å². The van der Waals surface area contributed by atoms with Crippen LogP contribution in [0.15, 0.2) is 59.6 Å². The number of hydrogen-bond donors (Lipinski definition) is 1. The van der Waals surface area contributed by atoms with Crippen molar-refractivity contribution in [2.24, 2.45) is 4.99 Å². The molecule has 4 nitrogen and oxygen atoms in total. The molecular formula is C24H32N2O2. The van der Waals surface area contributed by atoms with Crippen LogP contribution in [-0.2, 0) is 6.42 Å². The highest BCUT2D eigenvalue weighted by Gasteiger charge is 2.42. The first kappa shape index (κ1) is 20.4. The fourth-order valence-electron chi connectivity index (χ4n) is 3.79. The van der Waals surface area contributed by atoms with Gasteiger partial charge in [-0.1, -0.05) is 42.5 Å². The molecule has 3 rings (SSSR count). The third-order valence-electron chi connectivity index (χ3n) is 5.47. The predicted molar refractivity (Wildman–Crippen MR) is 115 cm³/mol. The largest absolute Gasteiger partial charge is 0.497 e. The van der Waals surface area contributed by atoms with Crippen LogP contribution in [-0.4, -0.2) is 47.2 Å². The van der Waals surface area contributed by atoms with E-state index in [9.17, 15) is 5.11 Å². The monoisotopic (exact) mass is 380 g/mol. The van der Waals surface area contributed by atoms with Gasteiger partial charge in [0.15, 0.2) is 0 Å². The van der Waals surface area contributed by atoms with Gasteiger partial charge in [0.1, 0.15) is 11.6 Å². The summed E-state index contributed by atoms with van der Waals surface area (Å²) in [6.45, 7) is 9.39. The Bertz CT molecular complexity index is 810. The van der Waals surface area contributed by atoms with Crippen molar-refractivity contribution in [3.05, 3.63) is 65.7 Å². The summed E-state index contributed by atoms with van der Waals surface area (Å²) < 4.78 is 5.30. The van der Waals surface area contributed by atoms with E-state index in [1.165, 1.54) is 11.1 Å². The Morgan fingerprint density at radius 2 is 1.75 bits per heavy atom. The lowest BCUT2D eigenvalue weighted by Crippen LogP contribution is -2.51. The Morgan fingerprint density at radius 1 is 1.11 bits per heavy atom. The normalized spacial score (nSPS) is 17.4. The highest BCUT2D eigenvalue weighted by Crippen LogP contribution is 2.35. The summed E-state index contributed by atoms with van der Waals surface area (Å²) >= 11 is 0. The third-order valence-corrected chi connectivity index (χ3v) is 5.47. The Hall–Kier alpha value is -2.33. The van der Waals surface area contributed by atoms with Crippen molar-refractivity contribution in [2.75, 3.05) is 20.3 Å². The summed E-state index contributed by atoms with van der Waals surface area (Å²) in [5.41, 5.74) is 1.95. The number of methoxy groups -OCH3 is 1. The second kappa shape index (κ2) is 7.96. The molecule has 1 aliphatic heterocycles. The summed E-state index contributed by atoms with van der Waals surface area (Å²) in [5, 5.41) is 10.0. The van der Waals surface area contributed by atoms with Crippen molar-refractivity contribution in [3.63, 3.8) is 0 Å². The zero-order chi connectivity index (χ0) is 20.4. The molecule has 150 valence electrons. The highest BCUT2D eigenvalue weighted by atomic mass is 16.5. The number of hydrogen-bond acceptors (Lipinski definition) is 4. The number of rotatable bonds is 7. The van der Waals surface area contributed by atoms with Gasteiger partial charge in [0.25, 0.3) is 0 Å². The molecule has 0 aliphatic carbocycles. The van der Waals surface area contributed by atoms with Crippen LogP contribution in [0.1, 0.15) is 44.7 Å². The molecule has 0 amide bonds. The average molecular weight is 381 g/mol. The predicted octanol–water partition coefficient (Wildman–Crippen LogP) is 4.29. The molecule has 0 saturated heterocycles. The number of nitrogens with zero attached hydrogens (tertiary/aromatic N) is 2. The summed E-state index contributed by atoms with van der Waals surface area (Å²) in [4.78, 5) is 7.43. The number of aliphatic hydroxyl groups excluding tert-OH is 1. The van der Waals surface area contributed by atoms with Crippen LogP contribution in [0.2, 0.25) is 0 Å². The van der Waals surface area contributed by atoms with Gasteiger partial charge in [0.05, 0.1) is 24.8 Å². The zero-order valence-electron chi connectivity index (χ0n) is 17.6. The molecule has 1 atom stereocenters. The van der Waals surface area contributed by atoms with E-state index < -0.39 is 0 Å². The fourth-order valence-corrected chi connectivity index (χ4v) is 3.79. The standard InChI is InChI=1S/C24H32N2O2/c1-23(2)16-26(24(3,4)17-27)22(25-23)21(19-9-7-6-8-10-19)15-18-11-13-20(28-5)14-12-18/h6-14,21,27H,15-17H2,1-5H3. The van der Waals surface area contributed by atoms with E-state index >= 15 is 0 Å². The summed E-state index contributed by atoms with van der Waals surface area (Å²) in [6.07, 6.45) is 0.848. The molecule has 0 radical (unpaired) electrons. The van der Waals surface area contributed by atoms with E-state index in [0.717, 1.165) is 24.6 Å². The van der Waals surface area contributed by atoms with E-state index in [1.54, 1.807) is 7.11 Å². The van der Waals surface area contributed by atoms with Crippen molar-refractivity contribution < 1.29 is 9.84 Å². The first-order chi connectivity index (χ1) is 13.3. The first-order valence-corrected chi connectivity index (χ1v) is 9.92. The maximum atomic E-state index is 10.0. The van der Waals surface area contributed by atoms with Gasteiger partial charge < -0.3 is 14.7 Å². The highest BCUT2D eigenvalue weighted by molar-refractivity contribution is 5.92. The molecule has 4 heteroatoms. The first-order valence-electron chi connectivity index (χ1n) is 9.92. The topological polar surface area (TPSA) is 45.1 Å². The molecule has 0 fully saturated rings. The minimum atomic E-state index is -0.362. The third kappa shape index (κ3) is 4.39. The molecule has 1 heterocycles. The van der Waals surface area contributed by atoms with Gasteiger partial charge in [-0.05, 0) is 57.4 Å². The van der Waals surface area contributed by atoms with E-state index in [-0.39, 0.29) is 23.6 Å². The lowest BCUT2D eigenvalue weighted by Gasteiger charge is -2.39. The van der Waals surface area contributed by atoms with Crippen LogP contribution in [0, 0.1) is 0 Å². The van der Waals surface area contributed by atoms with E-state index in [0.29, 0.717) is 0 Å².